The second kappa shape index (κ2) is 9.80. The van der Waals surface area contributed by atoms with Crippen molar-refractivity contribution < 1.29 is 38.1 Å². The van der Waals surface area contributed by atoms with Crippen LogP contribution < -0.4 is 5.32 Å². The molecule has 1 heterocycles. The van der Waals surface area contributed by atoms with Gasteiger partial charge in [0.1, 0.15) is 11.6 Å². The number of rotatable bonds is 8. The number of hydrogen-bond donors (Lipinski definition) is 1. The lowest BCUT2D eigenvalue weighted by Crippen LogP contribution is -2.48. The minimum Gasteiger partial charge on any atom is -0.458 e. The Bertz CT molecular complexity index is 643. The van der Waals surface area contributed by atoms with E-state index in [1.54, 1.807) is 20.8 Å². The molecule has 30 heavy (non-hydrogen) atoms. The largest absolute Gasteiger partial charge is 0.458 e. The molecular formula is C20H35NO8Si. The van der Waals surface area contributed by atoms with Gasteiger partial charge in [-0.3, -0.25) is 9.59 Å². The molecule has 0 saturated carbocycles. The molecule has 1 rings (SSSR count). The molecule has 0 unspecified atom stereocenters. The molecule has 0 aliphatic carbocycles. The Hall–Kier alpha value is -2.10. The maximum atomic E-state index is 12.5. The zero-order chi connectivity index (χ0) is 23.3. The molecule has 1 aliphatic heterocycles. The molecule has 172 valence electrons. The van der Waals surface area contributed by atoms with Gasteiger partial charge in [0.05, 0.1) is 6.61 Å². The number of carbonyl (C=O) groups excluding carboxylic acids is 4. The van der Waals surface area contributed by atoms with E-state index in [1.807, 2.05) is 0 Å². The fourth-order valence-electron chi connectivity index (χ4n) is 2.57. The summed E-state index contributed by atoms with van der Waals surface area (Å²) in [7, 11) is -1.38. The van der Waals surface area contributed by atoms with Gasteiger partial charge in [-0.05, 0) is 39.7 Å². The summed E-state index contributed by atoms with van der Waals surface area (Å²) in [6.45, 7) is 14.7. The number of nitrogens with one attached hydrogen (secondary N) is 1. The Balaban J connectivity index is 2.76. The summed E-state index contributed by atoms with van der Waals surface area (Å²) in [5.41, 5.74) is -0.772. The number of alkyl carbamates (subject to hydrolysis) is 1. The monoisotopic (exact) mass is 445 g/mol. The van der Waals surface area contributed by atoms with E-state index in [1.165, 1.54) is 13.8 Å². The second-order valence-electron chi connectivity index (χ2n) is 10.0. The molecule has 10 heteroatoms. The highest BCUT2D eigenvalue weighted by molar-refractivity contribution is 6.76. The van der Waals surface area contributed by atoms with Gasteiger partial charge in [0.25, 0.3) is 5.79 Å². The third-order valence-corrected chi connectivity index (χ3v) is 5.78. The molecule has 1 amide bonds. The van der Waals surface area contributed by atoms with Crippen LogP contribution in [0.3, 0.4) is 0 Å². The summed E-state index contributed by atoms with van der Waals surface area (Å²) in [6.07, 6.45) is -0.820. The lowest BCUT2D eigenvalue weighted by molar-refractivity contribution is -0.240. The van der Waals surface area contributed by atoms with Crippen molar-refractivity contribution in [2.45, 2.75) is 90.6 Å². The molecule has 0 radical (unpaired) electrons. The third kappa shape index (κ3) is 9.60. The van der Waals surface area contributed by atoms with Crippen LogP contribution in [0.15, 0.2) is 0 Å². The van der Waals surface area contributed by atoms with Crippen molar-refractivity contribution in [1.29, 1.82) is 0 Å². The van der Waals surface area contributed by atoms with Crippen LogP contribution >= 0.6 is 0 Å². The van der Waals surface area contributed by atoms with Crippen LogP contribution in [0.2, 0.25) is 25.7 Å². The third-order valence-electron chi connectivity index (χ3n) is 4.07. The van der Waals surface area contributed by atoms with E-state index >= 15 is 0 Å². The van der Waals surface area contributed by atoms with E-state index in [9.17, 15) is 19.2 Å². The standard InChI is InChI=1S/C20H35NO8Si/c1-19(2,3)27-17(24)14(21-18(25)26-11-12-30(6,7)8)10-9-13-15(22)28-20(4,5)29-16(13)23/h13-14H,9-12H2,1-8H3,(H,21,25)/t14-/m0/s1. The summed E-state index contributed by atoms with van der Waals surface area (Å²) >= 11 is 0. The normalized spacial score (nSPS) is 18.1. The first kappa shape index (κ1) is 25.9. The minimum atomic E-state index is -1.38. The van der Waals surface area contributed by atoms with Crippen LogP contribution in [0.4, 0.5) is 4.79 Å². The van der Waals surface area contributed by atoms with Crippen LogP contribution in [-0.4, -0.2) is 56.1 Å². The van der Waals surface area contributed by atoms with Crippen molar-refractivity contribution in [2.24, 2.45) is 5.92 Å². The lowest BCUT2D eigenvalue weighted by atomic mass is 9.98. The SMILES string of the molecule is CC(C)(C)OC(=O)[C@H](CCC1C(=O)OC(C)(C)OC1=O)NC(=O)OCC[Si](C)(C)C. The number of amides is 1. The first-order chi connectivity index (χ1) is 13.5. The quantitative estimate of drug-likeness (QED) is 0.262. The fraction of sp³-hybridized carbons (Fsp3) is 0.800. The van der Waals surface area contributed by atoms with Gasteiger partial charge in [-0.25, -0.2) is 9.59 Å². The second-order valence-corrected chi connectivity index (χ2v) is 15.7. The Kier molecular flexibility index (Phi) is 8.47. The van der Waals surface area contributed by atoms with E-state index in [4.69, 9.17) is 18.9 Å². The predicted octanol–water partition coefficient (Wildman–Crippen LogP) is 2.99. The van der Waals surface area contributed by atoms with Gasteiger partial charge in [-0.2, -0.15) is 0 Å². The lowest BCUT2D eigenvalue weighted by Gasteiger charge is -2.33. The maximum Gasteiger partial charge on any atom is 0.407 e. The highest BCUT2D eigenvalue weighted by Crippen LogP contribution is 2.26. The van der Waals surface area contributed by atoms with E-state index in [2.05, 4.69) is 25.0 Å². The van der Waals surface area contributed by atoms with Crippen molar-refractivity contribution in [2.75, 3.05) is 6.61 Å². The molecule has 1 fully saturated rings. The molecule has 0 aromatic heterocycles. The molecule has 9 nitrogen and oxygen atoms in total. The smallest absolute Gasteiger partial charge is 0.407 e. The highest BCUT2D eigenvalue weighted by Gasteiger charge is 2.43. The van der Waals surface area contributed by atoms with Gasteiger partial charge in [-0.15, -0.1) is 0 Å². The molecule has 0 aromatic carbocycles. The van der Waals surface area contributed by atoms with Gasteiger partial charge in [0.2, 0.25) is 0 Å². The van der Waals surface area contributed by atoms with Gasteiger partial charge in [-0.1, -0.05) is 19.6 Å². The van der Waals surface area contributed by atoms with E-state index in [0.29, 0.717) is 0 Å². The van der Waals surface area contributed by atoms with Crippen molar-refractivity contribution in [3.05, 3.63) is 0 Å². The Morgan fingerprint density at radius 2 is 1.67 bits per heavy atom. The molecule has 1 N–H and O–H groups in total. The zero-order valence-corrected chi connectivity index (χ0v) is 20.2. The molecule has 1 aliphatic rings. The zero-order valence-electron chi connectivity index (χ0n) is 19.2. The van der Waals surface area contributed by atoms with Gasteiger partial charge in [0, 0.05) is 21.9 Å². The molecule has 0 spiro atoms. The minimum absolute atomic E-state index is 0.0205. The Morgan fingerprint density at radius 1 is 1.13 bits per heavy atom. The van der Waals surface area contributed by atoms with Gasteiger partial charge >= 0.3 is 24.0 Å². The number of ether oxygens (including phenoxy) is 4. The average molecular weight is 446 g/mol. The molecule has 1 atom stereocenters. The van der Waals surface area contributed by atoms with Crippen molar-refractivity contribution in [3.8, 4) is 0 Å². The van der Waals surface area contributed by atoms with Crippen molar-refractivity contribution in [1.82, 2.24) is 5.32 Å². The first-order valence-electron chi connectivity index (χ1n) is 10.1. The van der Waals surface area contributed by atoms with Crippen LogP contribution in [0, 0.1) is 5.92 Å². The van der Waals surface area contributed by atoms with Crippen LogP contribution in [-0.2, 0) is 33.3 Å². The van der Waals surface area contributed by atoms with Crippen LogP contribution in [0.25, 0.3) is 0 Å². The van der Waals surface area contributed by atoms with E-state index in [0.717, 1.165) is 6.04 Å². The van der Waals surface area contributed by atoms with Crippen LogP contribution in [0.1, 0.15) is 47.5 Å². The van der Waals surface area contributed by atoms with Crippen molar-refractivity contribution in [3.63, 3.8) is 0 Å². The predicted molar refractivity (Wildman–Crippen MR) is 111 cm³/mol. The van der Waals surface area contributed by atoms with Gasteiger partial charge in [0.15, 0.2) is 5.92 Å². The number of carbonyl (C=O) groups is 4. The number of esters is 3. The number of hydrogen-bond acceptors (Lipinski definition) is 8. The summed E-state index contributed by atoms with van der Waals surface area (Å²) in [6, 6.07) is -0.299. The van der Waals surface area contributed by atoms with Crippen molar-refractivity contribution >= 4 is 32.1 Å². The van der Waals surface area contributed by atoms with E-state index in [-0.39, 0.29) is 19.4 Å². The van der Waals surface area contributed by atoms with Gasteiger partial charge < -0.3 is 24.3 Å². The summed E-state index contributed by atoms with van der Waals surface area (Å²) in [5, 5.41) is 2.49. The first-order valence-corrected chi connectivity index (χ1v) is 13.8. The Morgan fingerprint density at radius 3 is 2.13 bits per heavy atom. The maximum absolute atomic E-state index is 12.5. The molecular weight excluding hydrogens is 410 g/mol. The summed E-state index contributed by atoms with van der Waals surface area (Å²) < 4.78 is 20.7. The average Bonchev–Trinajstić information content (AvgIpc) is 2.48. The van der Waals surface area contributed by atoms with E-state index < -0.39 is 55.4 Å². The van der Waals surface area contributed by atoms with Crippen LogP contribution in [0.5, 0.6) is 0 Å². The molecule has 0 bridgehead atoms. The molecule has 0 aromatic rings. The highest BCUT2D eigenvalue weighted by atomic mass is 28.3. The summed E-state index contributed by atoms with van der Waals surface area (Å²) in [5.74, 6) is -4.63. The Labute approximate surface area is 179 Å². The summed E-state index contributed by atoms with van der Waals surface area (Å²) in [4.78, 5) is 49.0. The molecule has 1 saturated heterocycles. The topological polar surface area (TPSA) is 117 Å². The fourth-order valence-corrected chi connectivity index (χ4v) is 3.28. The number of cyclic esters (lactones) is 2.